The summed E-state index contributed by atoms with van der Waals surface area (Å²) in [5, 5.41) is 4.22. The minimum atomic E-state index is 0.116. The van der Waals surface area contributed by atoms with Crippen LogP contribution in [0.4, 0.5) is 0 Å². The van der Waals surface area contributed by atoms with E-state index in [0.29, 0.717) is 0 Å². The average Bonchev–Trinajstić information content (AvgIpc) is 3.01. The SMILES string of the molecule is O=C(c1ccccc1-n1cccn1)N1CCCCC1. The topological polar surface area (TPSA) is 38.1 Å². The molecule has 2 heterocycles. The second kappa shape index (κ2) is 5.26. The first-order chi connectivity index (χ1) is 9.36. The van der Waals surface area contributed by atoms with Gasteiger partial charge in [-0.15, -0.1) is 0 Å². The van der Waals surface area contributed by atoms with Crippen molar-refractivity contribution in [3.8, 4) is 5.69 Å². The van der Waals surface area contributed by atoms with Gasteiger partial charge in [0, 0.05) is 25.5 Å². The van der Waals surface area contributed by atoms with Gasteiger partial charge in [0.2, 0.25) is 0 Å². The number of piperidine rings is 1. The quantitative estimate of drug-likeness (QED) is 0.827. The maximum atomic E-state index is 12.6. The number of para-hydroxylation sites is 1. The van der Waals surface area contributed by atoms with Crippen molar-refractivity contribution in [2.75, 3.05) is 13.1 Å². The maximum Gasteiger partial charge on any atom is 0.256 e. The van der Waals surface area contributed by atoms with Crippen LogP contribution < -0.4 is 0 Å². The molecular weight excluding hydrogens is 238 g/mol. The molecule has 1 aliphatic rings. The molecule has 1 aliphatic heterocycles. The molecule has 98 valence electrons. The van der Waals surface area contributed by atoms with Gasteiger partial charge in [-0.3, -0.25) is 4.79 Å². The molecule has 4 heteroatoms. The number of likely N-dealkylation sites (tertiary alicyclic amines) is 1. The van der Waals surface area contributed by atoms with Crippen molar-refractivity contribution < 1.29 is 4.79 Å². The number of amides is 1. The smallest absolute Gasteiger partial charge is 0.256 e. The van der Waals surface area contributed by atoms with Gasteiger partial charge in [0.25, 0.3) is 5.91 Å². The number of hydrogen-bond acceptors (Lipinski definition) is 2. The van der Waals surface area contributed by atoms with Crippen molar-refractivity contribution in [1.29, 1.82) is 0 Å². The summed E-state index contributed by atoms with van der Waals surface area (Å²) in [5.74, 6) is 0.116. The summed E-state index contributed by atoms with van der Waals surface area (Å²) in [6, 6.07) is 9.52. The Balaban J connectivity index is 1.94. The Hall–Kier alpha value is -2.10. The number of hydrogen-bond donors (Lipinski definition) is 0. The Morgan fingerprint density at radius 1 is 1.05 bits per heavy atom. The fraction of sp³-hybridized carbons (Fsp3) is 0.333. The van der Waals surface area contributed by atoms with Gasteiger partial charge in [0.15, 0.2) is 0 Å². The van der Waals surface area contributed by atoms with Crippen molar-refractivity contribution in [2.45, 2.75) is 19.3 Å². The molecule has 0 saturated carbocycles. The van der Waals surface area contributed by atoms with Gasteiger partial charge in [0.1, 0.15) is 0 Å². The molecule has 0 atom stereocenters. The fourth-order valence-electron chi connectivity index (χ4n) is 2.53. The molecule has 1 aromatic carbocycles. The van der Waals surface area contributed by atoms with E-state index >= 15 is 0 Å². The number of benzene rings is 1. The van der Waals surface area contributed by atoms with Crippen LogP contribution in [-0.4, -0.2) is 33.7 Å². The third kappa shape index (κ3) is 2.38. The summed E-state index contributed by atoms with van der Waals surface area (Å²) in [6.45, 7) is 1.73. The molecule has 1 amide bonds. The first-order valence-corrected chi connectivity index (χ1v) is 6.74. The Morgan fingerprint density at radius 2 is 1.84 bits per heavy atom. The van der Waals surface area contributed by atoms with Gasteiger partial charge >= 0.3 is 0 Å². The van der Waals surface area contributed by atoms with E-state index in [2.05, 4.69) is 5.10 Å². The van der Waals surface area contributed by atoms with Crippen LogP contribution in [0.15, 0.2) is 42.7 Å². The Bertz CT molecular complexity index is 557. The lowest BCUT2D eigenvalue weighted by Gasteiger charge is -2.27. The minimum Gasteiger partial charge on any atom is -0.339 e. The van der Waals surface area contributed by atoms with Crippen molar-refractivity contribution >= 4 is 5.91 Å². The van der Waals surface area contributed by atoms with Crippen LogP contribution in [0.5, 0.6) is 0 Å². The molecule has 4 nitrogen and oxygen atoms in total. The molecule has 19 heavy (non-hydrogen) atoms. The highest BCUT2D eigenvalue weighted by molar-refractivity contribution is 5.97. The molecule has 0 radical (unpaired) electrons. The Kier molecular flexibility index (Phi) is 3.31. The zero-order valence-electron chi connectivity index (χ0n) is 10.8. The van der Waals surface area contributed by atoms with E-state index < -0.39 is 0 Å². The van der Waals surface area contributed by atoms with E-state index in [1.807, 2.05) is 41.4 Å². The Morgan fingerprint density at radius 3 is 2.58 bits per heavy atom. The van der Waals surface area contributed by atoms with Crippen LogP contribution in [0.25, 0.3) is 5.69 Å². The number of aromatic nitrogens is 2. The van der Waals surface area contributed by atoms with Crippen LogP contribution in [0, 0.1) is 0 Å². The highest BCUT2D eigenvalue weighted by atomic mass is 16.2. The average molecular weight is 255 g/mol. The van der Waals surface area contributed by atoms with Crippen molar-refractivity contribution in [1.82, 2.24) is 14.7 Å². The predicted octanol–water partition coefficient (Wildman–Crippen LogP) is 2.50. The summed E-state index contributed by atoms with van der Waals surface area (Å²) in [4.78, 5) is 14.6. The van der Waals surface area contributed by atoms with E-state index in [-0.39, 0.29) is 5.91 Å². The van der Waals surface area contributed by atoms with Crippen molar-refractivity contribution in [2.24, 2.45) is 0 Å². The number of carbonyl (C=O) groups is 1. The molecule has 0 N–H and O–H groups in total. The second-order valence-electron chi connectivity index (χ2n) is 4.82. The molecule has 1 saturated heterocycles. The zero-order valence-corrected chi connectivity index (χ0v) is 10.8. The van der Waals surface area contributed by atoms with Crippen molar-refractivity contribution in [3.63, 3.8) is 0 Å². The third-order valence-electron chi connectivity index (χ3n) is 3.53. The lowest BCUT2D eigenvalue weighted by atomic mass is 10.1. The molecule has 3 rings (SSSR count). The van der Waals surface area contributed by atoms with Gasteiger partial charge in [0.05, 0.1) is 11.3 Å². The first-order valence-electron chi connectivity index (χ1n) is 6.74. The van der Waals surface area contributed by atoms with Crippen molar-refractivity contribution in [3.05, 3.63) is 48.3 Å². The van der Waals surface area contributed by atoms with Gasteiger partial charge in [-0.2, -0.15) is 5.10 Å². The second-order valence-corrected chi connectivity index (χ2v) is 4.82. The van der Waals surface area contributed by atoms with E-state index in [1.165, 1.54) is 6.42 Å². The van der Waals surface area contributed by atoms with E-state index in [1.54, 1.807) is 10.9 Å². The Labute approximate surface area is 112 Å². The molecule has 1 aromatic heterocycles. The van der Waals surface area contributed by atoms with Gasteiger partial charge in [-0.1, -0.05) is 12.1 Å². The summed E-state index contributed by atoms with van der Waals surface area (Å²) in [6.07, 6.45) is 7.03. The molecule has 1 fully saturated rings. The summed E-state index contributed by atoms with van der Waals surface area (Å²) >= 11 is 0. The number of rotatable bonds is 2. The first kappa shape index (κ1) is 12.0. The summed E-state index contributed by atoms with van der Waals surface area (Å²) < 4.78 is 1.75. The fourth-order valence-corrected chi connectivity index (χ4v) is 2.53. The van der Waals surface area contributed by atoms with Crippen LogP contribution in [0.1, 0.15) is 29.6 Å². The van der Waals surface area contributed by atoms with Crippen LogP contribution in [0.3, 0.4) is 0 Å². The monoisotopic (exact) mass is 255 g/mol. The van der Waals surface area contributed by atoms with Crippen LogP contribution in [0.2, 0.25) is 0 Å². The number of nitrogens with zero attached hydrogens (tertiary/aromatic N) is 3. The van der Waals surface area contributed by atoms with Crippen LogP contribution in [-0.2, 0) is 0 Å². The van der Waals surface area contributed by atoms with Crippen LogP contribution >= 0.6 is 0 Å². The highest BCUT2D eigenvalue weighted by Crippen LogP contribution is 2.18. The molecule has 0 bridgehead atoms. The maximum absolute atomic E-state index is 12.6. The predicted molar refractivity (Wildman–Crippen MR) is 73.3 cm³/mol. The molecular formula is C15H17N3O. The summed E-state index contributed by atoms with van der Waals surface area (Å²) in [7, 11) is 0. The molecule has 0 aliphatic carbocycles. The molecule has 0 spiro atoms. The zero-order chi connectivity index (χ0) is 13.1. The third-order valence-corrected chi connectivity index (χ3v) is 3.53. The van der Waals surface area contributed by atoms with Gasteiger partial charge in [-0.25, -0.2) is 4.68 Å². The van der Waals surface area contributed by atoms with Gasteiger partial charge < -0.3 is 4.90 Å². The van der Waals surface area contributed by atoms with E-state index in [0.717, 1.165) is 37.2 Å². The molecule has 0 unspecified atom stereocenters. The summed E-state index contributed by atoms with van der Waals surface area (Å²) in [5.41, 5.74) is 1.58. The largest absolute Gasteiger partial charge is 0.339 e. The lowest BCUT2D eigenvalue weighted by molar-refractivity contribution is 0.0724. The van der Waals surface area contributed by atoms with Gasteiger partial charge in [-0.05, 0) is 37.5 Å². The highest BCUT2D eigenvalue weighted by Gasteiger charge is 2.20. The standard InChI is InChI=1S/C15H17N3O/c19-15(17-10-4-1-5-11-17)13-7-2-3-8-14(13)18-12-6-9-16-18/h2-3,6-9,12H,1,4-5,10-11H2. The van der Waals surface area contributed by atoms with E-state index in [9.17, 15) is 4.79 Å². The minimum absolute atomic E-state index is 0.116. The number of carbonyl (C=O) groups excluding carboxylic acids is 1. The molecule has 2 aromatic rings. The van der Waals surface area contributed by atoms with E-state index in [4.69, 9.17) is 0 Å². The normalized spacial score (nSPS) is 15.5. The lowest BCUT2D eigenvalue weighted by Crippen LogP contribution is -2.36.